The predicted octanol–water partition coefficient (Wildman–Crippen LogP) is 4.53. The number of carbonyl (C=O) groups is 1. The number of nitrogens with zero attached hydrogens (tertiary/aromatic N) is 3. The third-order valence-corrected chi connectivity index (χ3v) is 5.95. The summed E-state index contributed by atoms with van der Waals surface area (Å²) >= 11 is 0. The van der Waals surface area contributed by atoms with Crippen molar-refractivity contribution in [2.24, 2.45) is 0 Å². The molecule has 0 aliphatic carbocycles. The molecular formula is C26H26FN5O. The molecule has 4 aromatic rings. The number of carbonyl (C=O) groups excluding carboxylic acids is 1. The molecule has 0 spiro atoms. The lowest BCUT2D eigenvalue weighted by molar-refractivity contribution is 0.102. The fourth-order valence-corrected chi connectivity index (χ4v) is 4.25. The van der Waals surface area contributed by atoms with E-state index in [1.54, 1.807) is 12.1 Å². The highest BCUT2D eigenvalue weighted by Crippen LogP contribution is 2.26. The standard InChI is InChI=1S/C26H26FN5O/c1-18-15-25(32(30-18)24-17-21-6-3-2-5-20(21)16-23(24)27)29-26(33)19-7-9-22(10-8-19)31-13-4-11-28-12-14-31/h2-3,5-10,15-17,28H,4,11-14H2,1H3,(H,29,33). The second kappa shape index (κ2) is 9.03. The molecule has 1 aliphatic rings. The van der Waals surface area contributed by atoms with Gasteiger partial charge in [0.1, 0.15) is 17.3 Å². The van der Waals surface area contributed by atoms with Crippen LogP contribution < -0.4 is 15.5 Å². The second-order valence-corrected chi connectivity index (χ2v) is 8.33. The van der Waals surface area contributed by atoms with Crippen LogP contribution in [-0.2, 0) is 0 Å². The van der Waals surface area contributed by atoms with E-state index in [9.17, 15) is 9.18 Å². The van der Waals surface area contributed by atoms with Gasteiger partial charge in [-0.2, -0.15) is 5.10 Å². The van der Waals surface area contributed by atoms with E-state index in [-0.39, 0.29) is 5.91 Å². The molecule has 0 atom stereocenters. The van der Waals surface area contributed by atoms with Gasteiger partial charge in [0, 0.05) is 37.0 Å². The van der Waals surface area contributed by atoms with Crippen LogP contribution in [0.5, 0.6) is 0 Å². The van der Waals surface area contributed by atoms with Crippen molar-refractivity contribution in [2.75, 3.05) is 36.4 Å². The van der Waals surface area contributed by atoms with Crippen LogP contribution >= 0.6 is 0 Å². The van der Waals surface area contributed by atoms with Crippen LogP contribution in [0.1, 0.15) is 22.5 Å². The van der Waals surface area contributed by atoms with E-state index in [1.807, 2.05) is 55.5 Å². The van der Waals surface area contributed by atoms with E-state index in [2.05, 4.69) is 20.6 Å². The summed E-state index contributed by atoms with van der Waals surface area (Å²) in [4.78, 5) is 15.3. The highest BCUT2D eigenvalue weighted by Gasteiger charge is 2.17. The lowest BCUT2D eigenvalue weighted by atomic mass is 10.1. The zero-order chi connectivity index (χ0) is 22.8. The maximum atomic E-state index is 14.9. The molecule has 1 aliphatic heterocycles. The molecule has 0 radical (unpaired) electrons. The number of benzene rings is 3. The Morgan fingerprint density at radius 3 is 2.55 bits per heavy atom. The lowest BCUT2D eigenvalue weighted by Gasteiger charge is -2.22. The van der Waals surface area contributed by atoms with Gasteiger partial charge in [-0.1, -0.05) is 24.3 Å². The highest BCUT2D eigenvalue weighted by atomic mass is 19.1. The van der Waals surface area contributed by atoms with Crippen LogP contribution in [0.25, 0.3) is 16.5 Å². The van der Waals surface area contributed by atoms with E-state index in [0.29, 0.717) is 22.8 Å². The van der Waals surface area contributed by atoms with Crippen molar-refractivity contribution >= 4 is 28.2 Å². The van der Waals surface area contributed by atoms with Crippen molar-refractivity contribution in [1.29, 1.82) is 0 Å². The molecule has 2 N–H and O–H groups in total. The van der Waals surface area contributed by atoms with Gasteiger partial charge in [-0.15, -0.1) is 0 Å². The molecule has 1 saturated heterocycles. The SMILES string of the molecule is Cc1cc(NC(=O)c2ccc(N3CCCNCC3)cc2)n(-c2cc3ccccc3cc2F)n1. The van der Waals surface area contributed by atoms with E-state index in [0.717, 1.165) is 49.1 Å². The second-order valence-electron chi connectivity index (χ2n) is 8.33. The van der Waals surface area contributed by atoms with Gasteiger partial charge in [0.15, 0.2) is 0 Å². The van der Waals surface area contributed by atoms with Gasteiger partial charge in [-0.25, -0.2) is 9.07 Å². The average Bonchev–Trinajstić information content (AvgIpc) is 3.01. The molecule has 5 rings (SSSR count). The largest absolute Gasteiger partial charge is 0.370 e. The number of amides is 1. The van der Waals surface area contributed by atoms with Crippen LogP contribution in [0.15, 0.2) is 66.7 Å². The summed E-state index contributed by atoms with van der Waals surface area (Å²) in [5.74, 6) is -0.237. The fraction of sp³-hybridized carbons (Fsp3) is 0.231. The van der Waals surface area contributed by atoms with Crippen molar-refractivity contribution < 1.29 is 9.18 Å². The van der Waals surface area contributed by atoms with Crippen LogP contribution in [0.4, 0.5) is 15.9 Å². The lowest BCUT2D eigenvalue weighted by Crippen LogP contribution is -2.27. The first-order valence-electron chi connectivity index (χ1n) is 11.2. The Kier molecular flexibility index (Phi) is 5.79. The molecule has 33 heavy (non-hydrogen) atoms. The smallest absolute Gasteiger partial charge is 0.256 e. The van der Waals surface area contributed by atoms with Crippen molar-refractivity contribution in [1.82, 2.24) is 15.1 Å². The van der Waals surface area contributed by atoms with Gasteiger partial charge in [0.25, 0.3) is 5.91 Å². The molecule has 1 amide bonds. The number of halogens is 1. The fourth-order valence-electron chi connectivity index (χ4n) is 4.25. The molecule has 1 fully saturated rings. The van der Waals surface area contributed by atoms with E-state index >= 15 is 0 Å². The minimum absolute atomic E-state index is 0.263. The van der Waals surface area contributed by atoms with Gasteiger partial charge in [-0.3, -0.25) is 4.79 Å². The first kappa shape index (κ1) is 21.2. The van der Waals surface area contributed by atoms with Crippen LogP contribution in [0.3, 0.4) is 0 Å². The van der Waals surface area contributed by atoms with Crippen LogP contribution in [0.2, 0.25) is 0 Å². The van der Waals surface area contributed by atoms with Crippen molar-refractivity contribution in [3.8, 4) is 5.69 Å². The van der Waals surface area contributed by atoms with Crippen LogP contribution in [-0.4, -0.2) is 41.9 Å². The number of fused-ring (bicyclic) bond motifs is 1. The van der Waals surface area contributed by atoms with Gasteiger partial charge in [-0.05, 0) is 67.1 Å². The molecule has 168 valence electrons. The molecule has 0 saturated carbocycles. The summed E-state index contributed by atoms with van der Waals surface area (Å²) in [5.41, 5.74) is 2.62. The maximum absolute atomic E-state index is 14.9. The van der Waals surface area contributed by atoms with Crippen molar-refractivity contribution in [3.63, 3.8) is 0 Å². The number of aryl methyl sites for hydroxylation is 1. The van der Waals surface area contributed by atoms with Crippen LogP contribution in [0, 0.1) is 12.7 Å². The summed E-state index contributed by atoms with van der Waals surface area (Å²) in [6, 6.07) is 20.2. The third kappa shape index (κ3) is 4.45. The normalized spacial score (nSPS) is 14.3. The van der Waals surface area contributed by atoms with Crippen molar-refractivity contribution in [2.45, 2.75) is 13.3 Å². The Morgan fingerprint density at radius 2 is 1.76 bits per heavy atom. The monoisotopic (exact) mass is 443 g/mol. The van der Waals surface area contributed by atoms with Gasteiger partial charge in [0.2, 0.25) is 0 Å². The van der Waals surface area contributed by atoms with E-state index in [4.69, 9.17) is 0 Å². The Morgan fingerprint density at radius 1 is 1.00 bits per heavy atom. The third-order valence-electron chi connectivity index (χ3n) is 5.95. The minimum Gasteiger partial charge on any atom is -0.370 e. The topological polar surface area (TPSA) is 62.2 Å². The minimum atomic E-state index is -0.399. The maximum Gasteiger partial charge on any atom is 0.256 e. The molecule has 3 aromatic carbocycles. The Hall–Kier alpha value is -3.71. The molecule has 7 heteroatoms. The number of hydrogen-bond donors (Lipinski definition) is 2. The number of nitrogens with one attached hydrogen (secondary N) is 2. The average molecular weight is 444 g/mol. The molecule has 2 heterocycles. The highest BCUT2D eigenvalue weighted by molar-refractivity contribution is 6.04. The molecular weight excluding hydrogens is 417 g/mol. The summed E-state index contributed by atoms with van der Waals surface area (Å²) < 4.78 is 16.4. The molecule has 1 aromatic heterocycles. The first-order valence-corrected chi connectivity index (χ1v) is 11.2. The van der Waals surface area contributed by atoms with Gasteiger partial charge >= 0.3 is 0 Å². The summed E-state index contributed by atoms with van der Waals surface area (Å²) in [5, 5.41) is 12.4. The quantitative estimate of drug-likeness (QED) is 0.487. The van der Waals surface area contributed by atoms with Gasteiger partial charge < -0.3 is 15.5 Å². The molecule has 0 unspecified atom stereocenters. The van der Waals surface area contributed by atoms with Gasteiger partial charge in [0.05, 0.1) is 5.69 Å². The Balaban J connectivity index is 1.39. The Bertz CT molecular complexity index is 1290. The van der Waals surface area contributed by atoms with E-state index in [1.165, 1.54) is 10.7 Å². The molecule has 6 nitrogen and oxygen atoms in total. The van der Waals surface area contributed by atoms with E-state index < -0.39 is 5.82 Å². The summed E-state index contributed by atoms with van der Waals surface area (Å²) in [6.45, 7) is 5.74. The first-order chi connectivity index (χ1) is 16.1. The number of aromatic nitrogens is 2. The number of rotatable bonds is 4. The zero-order valence-corrected chi connectivity index (χ0v) is 18.5. The number of hydrogen-bond acceptors (Lipinski definition) is 4. The number of anilines is 2. The summed E-state index contributed by atoms with van der Waals surface area (Å²) in [6.07, 6.45) is 1.09. The summed E-state index contributed by atoms with van der Waals surface area (Å²) in [7, 11) is 0. The predicted molar refractivity (Wildman–Crippen MR) is 130 cm³/mol. The Labute approximate surface area is 192 Å². The van der Waals surface area contributed by atoms with Crippen molar-refractivity contribution in [3.05, 3.63) is 83.8 Å². The molecule has 0 bridgehead atoms. The zero-order valence-electron chi connectivity index (χ0n) is 18.5.